The van der Waals surface area contributed by atoms with Crippen LogP contribution in [0.25, 0.3) is 0 Å². The van der Waals surface area contributed by atoms with E-state index in [4.69, 9.17) is 0 Å². The Hall–Kier alpha value is 0.350. The average molecular weight is 128 g/mol. The maximum atomic E-state index is 2.42. The van der Waals surface area contributed by atoms with Crippen LogP contribution in [0.4, 0.5) is 0 Å². The van der Waals surface area contributed by atoms with E-state index in [0.717, 1.165) is 5.25 Å². The van der Waals surface area contributed by atoms with Gasteiger partial charge in [0.15, 0.2) is 0 Å². The molecule has 0 aliphatic heterocycles. The molecule has 0 amide bonds. The van der Waals surface area contributed by atoms with Gasteiger partial charge in [-0.1, -0.05) is 0 Å². The van der Waals surface area contributed by atoms with Gasteiger partial charge in [-0.05, 0) is 38.4 Å². The Morgan fingerprint density at radius 2 is 2.38 bits per heavy atom. The molecule has 1 heteroatoms. The summed E-state index contributed by atoms with van der Waals surface area (Å²) in [6, 6.07) is 0. The lowest BCUT2D eigenvalue weighted by Crippen LogP contribution is -2.08. The molecule has 0 nitrogen and oxygen atoms in total. The lowest BCUT2D eigenvalue weighted by atomic mass is 10.0. The quantitative estimate of drug-likeness (QED) is 0.522. The average Bonchev–Trinajstić information content (AvgIpc) is 1.90. The van der Waals surface area contributed by atoms with Crippen molar-refractivity contribution in [2.45, 2.75) is 24.5 Å². The van der Waals surface area contributed by atoms with Crippen LogP contribution in [-0.2, 0) is 0 Å². The van der Waals surface area contributed by atoms with Crippen LogP contribution in [0.15, 0.2) is 0 Å². The van der Waals surface area contributed by atoms with Crippen LogP contribution < -0.4 is 0 Å². The molecule has 0 N–H and O–H groups in total. The molecule has 46 valence electrons. The van der Waals surface area contributed by atoms with Crippen LogP contribution in [-0.4, -0.2) is 11.5 Å². The van der Waals surface area contributed by atoms with Crippen molar-refractivity contribution in [2.75, 3.05) is 6.26 Å². The Bertz CT molecular complexity index is 55.4. The van der Waals surface area contributed by atoms with Crippen LogP contribution in [0.3, 0.4) is 0 Å². The Kier molecular flexibility index (Phi) is 2.74. The van der Waals surface area contributed by atoms with E-state index < -0.39 is 0 Å². The highest BCUT2D eigenvalue weighted by Gasteiger charge is 2.10. The molecule has 1 rings (SSSR count). The van der Waals surface area contributed by atoms with E-state index in [9.17, 15) is 0 Å². The molecule has 8 heavy (non-hydrogen) atoms. The zero-order valence-electron chi connectivity index (χ0n) is 5.26. The van der Waals surface area contributed by atoms with Crippen molar-refractivity contribution < 1.29 is 0 Å². The molecule has 0 aromatic carbocycles. The first-order valence-corrected chi connectivity index (χ1v) is 4.40. The Balaban J connectivity index is 2.13. The zero-order chi connectivity index (χ0) is 5.82. The molecule has 0 aromatic heterocycles. The minimum Gasteiger partial charge on any atom is -0.162 e. The molecule has 1 atom stereocenters. The SMILES string of the molecule is CSC1[CH]CC[CH]C1. The number of rotatable bonds is 1. The first-order chi connectivity index (χ1) is 3.93. The maximum absolute atomic E-state index is 2.42. The van der Waals surface area contributed by atoms with E-state index in [1.165, 1.54) is 19.3 Å². The van der Waals surface area contributed by atoms with Crippen LogP contribution >= 0.6 is 11.8 Å². The first-order valence-electron chi connectivity index (χ1n) is 3.11. The highest BCUT2D eigenvalue weighted by atomic mass is 32.2. The van der Waals surface area contributed by atoms with E-state index in [-0.39, 0.29) is 0 Å². The van der Waals surface area contributed by atoms with Gasteiger partial charge in [0, 0.05) is 5.25 Å². The van der Waals surface area contributed by atoms with Gasteiger partial charge in [-0.3, -0.25) is 0 Å². The third kappa shape index (κ3) is 1.70. The summed E-state index contributed by atoms with van der Waals surface area (Å²) in [6.45, 7) is 0. The van der Waals surface area contributed by atoms with Gasteiger partial charge >= 0.3 is 0 Å². The van der Waals surface area contributed by atoms with Crippen molar-refractivity contribution in [1.29, 1.82) is 0 Å². The van der Waals surface area contributed by atoms with Gasteiger partial charge in [-0.25, -0.2) is 0 Å². The molecule has 1 saturated carbocycles. The molecular weight excluding hydrogens is 116 g/mol. The summed E-state index contributed by atoms with van der Waals surface area (Å²) in [5.74, 6) is 0. The summed E-state index contributed by atoms with van der Waals surface area (Å²) in [4.78, 5) is 0. The van der Waals surface area contributed by atoms with E-state index in [1.54, 1.807) is 0 Å². The van der Waals surface area contributed by atoms with E-state index in [2.05, 4.69) is 19.1 Å². The standard InChI is InChI=1S/C7H12S/c1-8-7-5-3-2-4-6-7/h3,6-7H,2,4-5H2,1H3. The Labute approximate surface area is 56.0 Å². The summed E-state index contributed by atoms with van der Waals surface area (Å²) >= 11 is 1.96. The van der Waals surface area contributed by atoms with Crippen LogP contribution in [0, 0.1) is 12.8 Å². The van der Waals surface area contributed by atoms with Crippen molar-refractivity contribution in [3.8, 4) is 0 Å². The Morgan fingerprint density at radius 3 is 2.75 bits per heavy atom. The molecule has 0 bridgehead atoms. The maximum Gasteiger partial charge on any atom is 0.00783 e. The van der Waals surface area contributed by atoms with Crippen LogP contribution in [0.2, 0.25) is 0 Å². The molecule has 1 aliphatic carbocycles. The van der Waals surface area contributed by atoms with Gasteiger partial charge in [0.1, 0.15) is 0 Å². The molecule has 1 unspecified atom stereocenters. The van der Waals surface area contributed by atoms with Crippen molar-refractivity contribution in [3.05, 3.63) is 12.8 Å². The summed E-state index contributed by atoms with van der Waals surface area (Å²) < 4.78 is 0. The molecule has 0 spiro atoms. The minimum atomic E-state index is 0.823. The normalized spacial score (nSPS) is 23.6. The number of hydrogen-bond donors (Lipinski definition) is 0. The molecule has 2 radical (unpaired) electrons. The van der Waals surface area contributed by atoms with E-state index >= 15 is 0 Å². The Morgan fingerprint density at radius 1 is 1.50 bits per heavy atom. The summed E-state index contributed by atoms with van der Waals surface area (Å²) in [5.41, 5.74) is 0. The van der Waals surface area contributed by atoms with Gasteiger partial charge in [-0.15, -0.1) is 0 Å². The lowest BCUT2D eigenvalue weighted by molar-refractivity contribution is 0.727. The highest BCUT2D eigenvalue weighted by Crippen LogP contribution is 2.24. The van der Waals surface area contributed by atoms with Gasteiger partial charge in [-0.2, -0.15) is 11.8 Å². The fraction of sp³-hybridized carbons (Fsp3) is 0.714. The molecule has 1 aliphatic rings. The summed E-state index contributed by atoms with van der Waals surface area (Å²) in [7, 11) is 0. The predicted molar refractivity (Wildman–Crippen MR) is 39.8 cm³/mol. The lowest BCUT2D eigenvalue weighted by Gasteiger charge is -2.17. The summed E-state index contributed by atoms with van der Waals surface area (Å²) in [6.07, 6.45) is 10.9. The van der Waals surface area contributed by atoms with Gasteiger partial charge in [0.25, 0.3) is 0 Å². The topological polar surface area (TPSA) is 0 Å². The van der Waals surface area contributed by atoms with Gasteiger partial charge in [0.05, 0.1) is 0 Å². The van der Waals surface area contributed by atoms with Crippen molar-refractivity contribution in [3.63, 3.8) is 0 Å². The third-order valence-corrected chi connectivity index (χ3v) is 2.49. The monoisotopic (exact) mass is 128 g/mol. The fourth-order valence-corrected chi connectivity index (χ4v) is 1.63. The van der Waals surface area contributed by atoms with Crippen molar-refractivity contribution in [1.82, 2.24) is 0 Å². The second-order valence-electron chi connectivity index (χ2n) is 2.11. The number of thioether (sulfide) groups is 1. The zero-order valence-corrected chi connectivity index (χ0v) is 6.08. The van der Waals surface area contributed by atoms with Gasteiger partial charge in [0.2, 0.25) is 0 Å². The highest BCUT2D eigenvalue weighted by molar-refractivity contribution is 7.99. The second-order valence-corrected chi connectivity index (χ2v) is 3.19. The van der Waals surface area contributed by atoms with Crippen molar-refractivity contribution in [2.24, 2.45) is 0 Å². The fourth-order valence-electron chi connectivity index (χ4n) is 0.971. The van der Waals surface area contributed by atoms with Crippen LogP contribution in [0.5, 0.6) is 0 Å². The second kappa shape index (κ2) is 3.39. The molecule has 0 aromatic rings. The molecule has 1 fully saturated rings. The van der Waals surface area contributed by atoms with Crippen LogP contribution in [0.1, 0.15) is 19.3 Å². The summed E-state index contributed by atoms with van der Waals surface area (Å²) in [5, 5.41) is 0.823. The van der Waals surface area contributed by atoms with E-state index in [0.29, 0.717) is 0 Å². The van der Waals surface area contributed by atoms with E-state index in [1.807, 2.05) is 11.8 Å². The smallest absolute Gasteiger partial charge is 0.00783 e. The molecule has 0 heterocycles. The third-order valence-electron chi connectivity index (χ3n) is 1.50. The van der Waals surface area contributed by atoms with Gasteiger partial charge < -0.3 is 0 Å². The molecule has 0 saturated heterocycles. The predicted octanol–water partition coefficient (Wildman–Crippen LogP) is 2.31. The first kappa shape index (κ1) is 6.47. The molecular formula is C7H12S. The number of hydrogen-bond acceptors (Lipinski definition) is 1. The minimum absolute atomic E-state index is 0.823. The largest absolute Gasteiger partial charge is 0.162 e. The van der Waals surface area contributed by atoms with Crippen molar-refractivity contribution >= 4 is 11.8 Å².